The maximum Gasteiger partial charge on any atom is 0.191 e. The van der Waals surface area contributed by atoms with Crippen LogP contribution in [0.15, 0.2) is 4.99 Å². The summed E-state index contributed by atoms with van der Waals surface area (Å²) in [7, 11) is 0.952. The van der Waals surface area contributed by atoms with Crippen molar-refractivity contribution in [1.82, 2.24) is 10.6 Å². The zero-order valence-electron chi connectivity index (χ0n) is 16.7. The van der Waals surface area contributed by atoms with Crippen LogP contribution in [0.1, 0.15) is 59.8 Å². The van der Waals surface area contributed by atoms with Gasteiger partial charge in [0, 0.05) is 54.7 Å². The Balaban J connectivity index is 0.00000576. The van der Waals surface area contributed by atoms with Crippen molar-refractivity contribution < 1.29 is 8.95 Å². The number of hydrogen-bond acceptors (Lipinski definition) is 3. The van der Waals surface area contributed by atoms with Crippen molar-refractivity contribution in [3.05, 3.63) is 0 Å². The molecule has 5 nitrogen and oxygen atoms in total. The van der Waals surface area contributed by atoms with E-state index in [2.05, 4.69) is 15.6 Å². The first kappa shape index (κ1) is 25.1. The van der Waals surface area contributed by atoms with Crippen LogP contribution in [0.5, 0.6) is 0 Å². The van der Waals surface area contributed by atoms with Crippen LogP contribution in [0.2, 0.25) is 0 Å². The van der Waals surface area contributed by atoms with Crippen molar-refractivity contribution in [2.24, 2.45) is 10.4 Å². The number of nitrogens with one attached hydrogen (secondary N) is 2. The molecule has 1 atom stereocenters. The van der Waals surface area contributed by atoms with Crippen molar-refractivity contribution >= 4 is 40.7 Å². The molecule has 1 fully saturated rings. The van der Waals surface area contributed by atoms with Gasteiger partial charge in [0.15, 0.2) is 5.96 Å². The number of nitrogens with zero attached hydrogens (tertiary/aromatic N) is 1. The number of ether oxygens (including phenoxy) is 1. The van der Waals surface area contributed by atoms with Gasteiger partial charge < -0.3 is 15.4 Å². The molecule has 2 N–H and O–H groups in total. The maximum absolute atomic E-state index is 12.1. The number of rotatable bonds is 9. The largest absolute Gasteiger partial charge is 0.382 e. The molecule has 0 aromatic rings. The van der Waals surface area contributed by atoms with Gasteiger partial charge in [0.25, 0.3) is 0 Å². The van der Waals surface area contributed by atoms with Crippen LogP contribution in [0.3, 0.4) is 0 Å². The summed E-state index contributed by atoms with van der Waals surface area (Å²) < 4.78 is 17.5. The summed E-state index contributed by atoms with van der Waals surface area (Å²) in [4.78, 5) is 4.30. The van der Waals surface area contributed by atoms with E-state index in [1.165, 1.54) is 25.7 Å². The predicted octanol–water partition coefficient (Wildman–Crippen LogP) is 3.30. The highest BCUT2D eigenvalue weighted by Crippen LogP contribution is 2.40. The summed E-state index contributed by atoms with van der Waals surface area (Å²) >= 11 is 0. The third kappa shape index (κ3) is 9.56. The zero-order valence-corrected chi connectivity index (χ0v) is 19.8. The zero-order chi connectivity index (χ0) is 18.1. The smallest absolute Gasteiger partial charge is 0.191 e. The first-order chi connectivity index (χ1) is 11.3. The Morgan fingerprint density at radius 1 is 1.24 bits per heavy atom. The van der Waals surface area contributed by atoms with Gasteiger partial charge >= 0.3 is 0 Å². The minimum Gasteiger partial charge on any atom is -0.382 e. The van der Waals surface area contributed by atoms with Crippen LogP contribution in [0.4, 0.5) is 0 Å². The van der Waals surface area contributed by atoms with Crippen molar-refractivity contribution in [3.63, 3.8) is 0 Å². The lowest BCUT2D eigenvalue weighted by Crippen LogP contribution is -2.44. The number of guanidine groups is 1. The van der Waals surface area contributed by atoms with E-state index in [4.69, 9.17) is 4.74 Å². The van der Waals surface area contributed by atoms with E-state index in [0.29, 0.717) is 17.7 Å². The molecule has 0 aromatic heterocycles. The number of halogens is 1. The van der Waals surface area contributed by atoms with Crippen LogP contribution in [-0.2, 0) is 15.5 Å². The predicted molar refractivity (Wildman–Crippen MR) is 120 cm³/mol. The highest BCUT2D eigenvalue weighted by atomic mass is 127. The molecule has 1 saturated carbocycles. The average Bonchev–Trinajstić information content (AvgIpc) is 2.99. The van der Waals surface area contributed by atoms with E-state index in [0.717, 1.165) is 32.1 Å². The van der Waals surface area contributed by atoms with Gasteiger partial charge in [0.2, 0.25) is 0 Å². The van der Waals surface area contributed by atoms with Crippen molar-refractivity contribution in [2.75, 3.05) is 39.1 Å². The minimum atomic E-state index is -0.837. The second kappa shape index (κ2) is 12.5. The average molecular weight is 487 g/mol. The van der Waals surface area contributed by atoms with Gasteiger partial charge in [-0.1, -0.05) is 12.8 Å². The molecule has 0 aromatic carbocycles. The Labute approximate surface area is 174 Å². The second-order valence-corrected chi connectivity index (χ2v) is 9.99. The highest BCUT2D eigenvalue weighted by Gasteiger charge is 2.33. The molecule has 0 aliphatic heterocycles. The molecular weight excluding hydrogens is 449 g/mol. The Hall–Kier alpha value is 0.110. The van der Waals surface area contributed by atoms with Crippen LogP contribution < -0.4 is 10.6 Å². The molecule has 0 bridgehead atoms. The fourth-order valence-electron chi connectivity index (χ4n) is 3.13. The molecule has 0 spiro atoms. The maximum atomic E-state index is 12.1. The van der Waals surface area contributed by atoms with E-state index in [1.54, 1.807) is 7.05 Å². The molecule has 1 aliphatic carbocycles. The summed E-state index contributed by atoms with van der Waals surface area (Å²) in [6.45, 7) is 11.3. The Morgan fingerprint density at radius 2 is 1.88 bits per heavy atom. The molecule has 0 heterocycles. The molecule has 1 unspecified atom stereocenters. The SMILES string of the molecule is CCOCCC1(CNC(=NC)NCCS(=O)C(C)(C)C)CCCC1.I. The van der Waals surface area contributed by atoms with Crippen molar-refractivity contribution in [3.8, 4) is 0 Å². The molecule has 1 rings (SSSR count). The molecule has 7 heteroatoms. The quantitative estimate of drug-likeness (QED) is 0.227. The van der Waals surface area contributed by atoms with E-state index < -0.39 is 10.8 Å². The van der Waals surface area contributed by atoms with Gasteiger partial charge in [-0.25, -0.2) is 0 Å². The van der Waals surface area contributed by atoms with E-state index in [9.17, 15) is 4.21 Å². The first-order valence-corrected chi connectivity index (χ1v) is 10.6. The lowest BCUT2D eigenvalue weighted by molar-refractivity contribution is 0.105. The molecule has 0 radical (unpaired) electrons. The molecule has 1 aliphatic rings. The lowest BCUT2D eigenvalue weighted by Gasteiger charge is -2.30. The lowest BCUT2D eigenvalue weighted by atomic mass is 9.83. The van der Waals surface area contributed by atoms with E-state index >= 15 is 0 Å². The van der Waals surface area contributed by atoms with E-state index in [1.807, 2.05) is 27.7 Å². The third-order valence-corrected chi connectivity index (χ3v) is 6.70. The molecule has 0 saturated heterocycles. The molecule has 25 heavy (non-hydrogen) atoms. The third-order valence-electron chi connectivity index (χ3n) is 4.76. The van der Waals surface area contributed by atoms with Gasteiger partial charge in [0.05, 0.1) is 0 Å². The fourth-order valence-corrected chi connectivity index (χ4v) is 4.03. The first-order valence-electron chi connectivity index (χ1n) is 9.24. The highest BCUT2D eigenvalue weighted by molar-refractivity contribution is 14.0. The fraction of sp³-hybridized carbons (Fsp3) is 0.944. The standard InChI is InChI=1S/C18H37N3O2S.HI/c1-6-23-13-11-18(9-7-8-10-18)15-21-16(19-5)20-12-14-24(22)17(2,3)4;/h6-15H2,1-5H3,(H2,19,20,21);1H. The van der Waals surface area contributed by atoms with Gasteiger partial charge in [-0.2, -0.15) is 0 Å². The molecule has 150 valence electrons. The van der Waals surface area contributed by atoms with Crippen LogP contribution in [-0.4, -0.2) is 54.0 Å². The Morgan fingerprint density at radius 3 is 2.40 bits per heavy atom. The summed E-state index contributed by atoms with van der Waals surface area (Å²) in [5.41, 5.74) is 0.334. The normalized spacial score (nSPS) is 18.5. The van der Waals surface area contributed by atoms with Gasteiger partial charge in [-0.15, -0.1) is 24.0 Å². The van der Waals surface area contributed by atoms with Gasteiger partial charge in [-0.05, 0) is 52.4 Å². The summed E-state index contributed by atoms with van der Waals surface area (Å²) in [5.74, 6) is 1.45. The van der Waals surface area contributed by atoms with E-state index in [-0.39, 0.29) is 28.7 Å². The molecular formula is C18H38IN3O2S. The minimum absolute atomic E-state index is 0. The van der Waals surface area contributed by atoms with Crippen LogP contribution in [0.25, 0.3) is 0 Å². The monoisotopic (exact) mass is 487 g/mol. The number of hydrogen-bond donors (Lipinski definition) is 2. The van der Waals surface area contributed by atoms with Crippen LogP contribution >= 0.6 is 24.0 Å². The summed E-state index contributed by atoms with van der Waals surface area (Å²) in [6.07, 6.45) is 6.25. The summed E-state index contributed by atoms with van der Waals surface area (Å²) in [5, 5.41) is 6.77. The van der Waals surface area contributed by atoms with Gasteiger partial charge in [-0.3, -0.25) is 9.20 Å². The molecule has 0 amide bonds. The van der Waals surface area contributed by atoms with Crippen molar-refractivity contribution in [2.45, 2.75) is 64.5 Å². The number of aliphatic imine (C=N–C) groups is 1. The Kier molecular flexibility index (Phi) is 12.5. The Bertz CT molecular complexity index is 419. The topological polar surface area (TPSA) is 62.7 Å². The van der Waals surface area contributed by atoms with Crippen LogP contribution in [0, 0.1) is 5.41 Å². The van der Waals surface area contributed by atoms with Crippen molar-refractivity contribution in [1.29, 1.82) is 0 Å². The van der Waals surface area contributed by atoms with Gasteiger partial charge in [0.1, 0.15) is 0 Å². The summed E-state index contributed by atoms with van der Waals surface area (Å²) in [6, 6.07) is 0. The second-order valence-electron chi connectivity index (χ2n) is 7.67.